The van der Waals surface area contributed by atoms with Crippen LogP contribution < -0.4 is 19.5 Å². The van der Waals surface area contributed by atoms with Crippen molar-refractivity contribution in [2.45, 2.75) is 19.1 Å². The first-order chi connectivity index (χ1) is 16.4. The van der Waals surface area contributed by atoms with Crippen LogP contribution in [0.4, 0.5) is 0 Å². The zero-order valence-electron chi connectivity index (χ0n) is 19.9. The number of aliphatic hydroxyl groups excluding tert-OH is 1. The van der Waals surface area contributed by atoms with Gasteiger partial charge in [0.15, 0.2) is 0 Å². The van der Waals surface area contributed by atoms with Gasteiger partial charge in [0, 0.05) is 6.54 Å². The average Bonchev–Trinajstić information content (AvgIpc) is 2.84. The normalized spacial score (nSPS) is 12.2. The van der Waals surface area contributed by atoms with E-state index in [1.54, 1.807) is 13.3 Å². The zero-order chi connectivity index (χ0) is 24.2. The molecule has 3 rings (SSSR count). The van der Waals surface area contributed by atoms with Crippen LogP contribution in [0.15, 0.2) is 78.9 Å². The maximum Gasteiger partial charge on any atom is 0.140 e. The quantitative estimate of drug-likeness (QED) is 0.254. The predicted octanol–water partition coefficient (Wildman–Crippen LogP) is 4.80. The highest BCUT2D eigenvalue weighted by Gasteiger charge is 2.08. The number of benzene rings is 3. The third-order valence-electron chi connectivity index (χ3n) is 4.95. The summed E-state index contributed by atoms with van der Waals surface area (Å²) in [6, 6.07) is 25.2. The summed E-state index contributed by atoms with van der Waals surface area (Å²) in [5, 5.41) is 13.4. The van der Waals surface area contributed by atoms with E-state index >= 15 is 0 Å². The summed E-state index contributed by atoms with van der Waals surface area (Å²) in [5.41, 5.74) is 2.28. The first kappa shape index (κ1) is 25.8. The Labute approximate surface area is 202 Å². The van der Waals surface area contributed by atoms with E-state index in [1.165, 1.54) is 0 Å². The molecule has 6 nitrogen and oxygen atoms in total. The van der Waals surface area contributed by atoms with Crippen molar-refractivity contribution < 1.29 is 23.9 Å². The van der Waals surface area contributed by atoms with Gasteiger partial charge in [0.25, 0.3) is 0 Å². The number of hydrogen-bond acceptors (Lipinski definition) is 6. The summed E-state index contributed by atoms with van der Waals surface area (Å²) < 4.78 is 28.7. The van der Waals surface area contributed by atoms with Gasteiger partial charge < -0.3 is 29.2 Å². The van der Waals surface area contributed by atoms with Gasteiger partial charge >= 0.3 is 0 Å². The van der Waals surface area contributed by atoms with Crippen LogP contribution in [0.1, 0.15) is 11.1 Å². The second-order valence-corrected chi connectivity index (χ2v) is 12.1. The first-order valence-corrected chi connectivity index (χ1v) is 14.2. The Hall–Kier alpha value is -2.79. The molecule has 0 aliphatic carbocycles. The lowest BCUT2D eigenvalue weighted by molar-refractivity contribution is 0.106. The number of aliphatic hydroxyl groups is 1. The van der Waals surface area contributed by atoms with Crippen LogP contribution in [0.2, 0.25) is 0 Å². The molecule has 0 spiro atoms. The largest absolute Gasteiger partial charge is 0.491 e. The van der Waals surface area contributed by atoms with Gasteiger partial charge in [-0.3, -0.25) is 0 Å². The standard InChI is InChI=1S/C27H34NO5P/c1-34(2,30)21-33-27-10-8-22(9-11-27)16-17-28-18-24(29)20-32-26-14-12-25(13-15-26)31-19-23-6-4-3-5-7-23/h3-15,24,28-29H,16-21H2,1-2H3. The number of rotatable bonds is 14. The summed E-state index contributed by atoms with van der Waals surface area (Å²) in [5.74, 6) is 2.19. The van der Waals surface area contributed by atoms with E-state index in [1.807, 2.05) is 78.9 Å². The molecule has 3 aromatic rings. The van der Waals surface area contributed by atoms with Crippen LogP contribution in [0.3, 0.4) is 0 Å². The lowest BCUT2D eigenvalue weighted by Crippen LogP contribution is -2.32. The molecule has 0 aliphatic heterocycles. The van der Waals surface area contributed by atoms with Crippen molar-refractivity contribution in [3.8, 4) is 17.2 Å². The Kier molecular flexibility index (Phi) is 10.0. The molecule has 0 heterocycles. The molecule has 7 heteroatoms. The van der Waals surface area contributed by atoms with Crippen molar-refractivity contribution in [1.29, 1.82) is 0 Å². The first-order valence-electron chi connectivity index (χ1n) is 11.4. The molecule has 0 saturated carbocycles. The highest BCUT2D eigenvalue weighted by Crippen LogP contribution is 2.35. The topological polar surface area (TPSA) is 77.0 Å². The van der Waals surface area contributed by atoms with Crippen molar-refractivity contribution >= 4 is 7.14 Å². The number of nitrogens with one attached hydrogen (secondary N) is 1. The van der Waals surface area contributed by atoms with Gasteiger partial charge in [0.05, 0.1) is 0 Å². The molecule has 0 bridgehead atoms. The predicted molar refractivity (Wildman–Crippen MR) is 137 cm³/mol. The summed E-state index contributed by atoms with van der Waals surface area (Å²) >= 11 is 0. The van der Waals surface area contributed by atoms with Gasteiger partial charge in [0.1, 0.15) is 50.1 Å². The molecule has 182 valence electrons. The van der Waals surface area contributed by atoms with Crippen LogP contribution in [0.25, 0.3) is 0 Å². The van der Waals surface area contributed by atoms with E-state index in [0.29, 0.717) is 18.9 Å². The Morgan fingerprint density at radius 1 is 0.794 bits per heavy atom. The van der Waals surface area contributed by atoms with E-state index in [9.17, 15) is 9.67 Å². The van der Waals surface area contributed by atoms with Gasteiger partial charge in [-0.05, 0) is 73.8 Å². The van der Waals surface area contributed by atoms with E-state index in [4.69, 9.17) is 14.2 Å². The third-order valence-corrected chi connectivity index (χ3v) is 5.70. The average molecular weight is 484 g/mol. The van der Waals surface area contributed by atoms with Crippen molar-refractivity contribution in [1.82, 2.24) is 5.32 Å². The molecule has 3 aromatic carbocycles. The number of hydrogen-bond donors (Lipinski definition) is 2. The smallest absolute Gasteiger partial charge is 0.140 e. The lowest BCUT2D eigenvalue weighted by atomic mass is 10.1. The molecule has 0 amide bonds. The van der Waals surface area contributed by atoms with E-state index in [-0.39, 0.29) is 13.0 Å². The third kappa shape index (κ3) is 10.0. The zero-order valence-corrected chi connectivity index (χ0v) is 20.7. The minimum Gasteiger partial charge on any atom is -0.491 e. The molecule has 1 atom stereocenters. The maximum absolute atomic E-state index is 11.7. The molecular formula is C27H34NO5P. The van der Waals surface area contributed by atoms with Crippen molar-refractivity contribution in [3.63, 3.8) is 0 Å². The van der Waals surface area contributed by atoms with Gasteiger partial charge in [-0.25, -0.2) is 0 Å². The fraction of sp³-hybridized carbons (Fsp3) is 0.333. The molecule has 0 aromatic heterocycles. The number of ether oxygens (including phenoxy) is 3. The second kappa shape index (κ2) is 13.2. The van der Waals surface area contributed by atoms with Gasteiger partial charge in [0.2, 0.25) is 0 Å². The van der Waals surface area contributed by atoms with Crippen molar-refractivity contribution in [2.75, 3.05) is 39.4 Å². The van der Waals surface area contributed by atoms with Crippen molar-refractivity contribution in [2.24, 2.45) is 0 Å². The van der Waals surface area contributed by atoms with Crippen LogP contribution >= 0.6 is 7.14 Å². The second-order valence-electron chi connectivity index (χ2n) is 8.66. The highest BCUT2D eigenvalue weighted by atomic mass is 31.2. The summed E-state index contributed by atoms with van der Waals surface area (Å²) in [6.45, 7) is 5.34. The molecule has 0 saturated heterocycles. The minimum absolute atomic E-state index is 0.210. The van der Waals surface area contributed by atoms with Crippen LogP contribution in [0.5, 0.6) is 17.2 Å². The SMILES string of the molecule is CP(C)(=O)COc1ccc(CCNCC(O)COc2ccc(OCc3ccccc3)cc2)cc1. The highest BCUT2D eigenvalue weighted by molar-refractivity contribution is 7.62. The van der Waals surface area contributed by atoms with E-state index in [0.717, 1.165) is 35.6 Å². The van der Waals surface area contributed by atoms with E-state index in [2.05, 4.69) is 5.32 Å². The van der Waals surface area contributed by atoms with Crippen LogP contribution in [-0.2, 0) is 17.6 Å². The fourth-order valence-corrected chi connectivity index (χ4v) is 3.57. The summed E-state index contributed by atoms with van der Waals surface area (Å²) in [7, 11) is -2.19. The summed E-state index contributed by atoms with van der Waals surface area (Å²) in [6.07, 6.45) is 0.474. The minimum atomic E-state index is -2.19. The molecule has 1 unspecified atom stereocenters. The Morgan fingerprint density at radius 2 is 1.38 bits per heavy atom. The molecule has 34 heavy (non-hydrogen) atoms. The van der Waals surface area contributed by atoms with Gasteiger partial charge in [-0.2, -0.15) is 0 Å². The van der Waals surface area contributed by atoms with Gasteiger partial charge in [-0.15, -0.1) is 0 Å². The fourth-order valence-electron chi connectivity index (χ4n) is 3.11. The maximum atomic E-state index is 11.7. The molecule has 0 fully saturated rings. The Balaban J connectivity index is 1.28. The van der Waals surface area contributed by atoms with Crippen LogP contribution in [0, 0.1) is 0 Å². The van der Waals surface area contributed by atoms with E-state index < -0.39 is 13.2 Å². The Bertz CT molecular complexity index is 1020. The van der Waals surface area contributed by atoms with Gasteiger partial charge in [-0.1, -0.05) is 42.5 Å². The molecule has 0 radical (unpaired) electrons. The van der Waals surface area contributed by atoms with Crippen molar-refractivity contribution in [3.05, 3.63) is 90.0 Å². The summed E-state index contributed by atoms with van der Waals surface area (Å²) in [4.78, 5) is 0. The monoisotopic (exact) mass is 483 g/mol. The molecular weight excluding hydrogens is 449 g/mol. The Morgan fingerprint density at radius 3 is 2.03 bits per heavy atom. The molecule has 0 aliphatic rings. The lowest BCUT2D eigenvalue weighted by Gasteiger charge is -2.14. The molecule has 2 N–H and O–H groups in total. The van der Waals surface area contributed by atoms with Crippen LogP contribution in [-0.4, -0.2) is 50.6 Å².